The highest BCUT2D eigenvalue weighted by atomic mass is 19.1. The third-order valence-corrected chi connectivity index (χ3v) is 3.86. The van der Waals surface area contributed by atoms with E-state index in [9.17, 15) is 4.39 Å². The molecule has 2 heterocycles. The maximum atomic E-state index is 13.7. The van der Waals surface area contributed by atoms with Gasteiger partial charge in [-0.25, -0.2) is 4.39 Å². The molecule has 1 saturated heterocycles. The molecule has 0 aliphatic carbocycles. The SMILES string of the molecule is Fc1ccccc1CN1CCC[C@@H](c2cnccn2)C1. The highest BCUT2D eigenvalue weighted by Gasteiger charge is 2.22. The smallest absolute Gasteiger partial charge is 0.127 e. The number of hydrogen-bond acceptors (Lipinski definition) is 3. The summed E-state index contributed by atoms with van der Waals surface area (Å²) in [6.07, 6.45) is 7.54. The van der Waals surface area contributed by atoms with Crippen molar-refractivity contribution in [2.75, 3.05) is 13.1 Å². The lowest BCUT2D eigenvalue weighted by Gasteiger charge is -2.32. The highest BCUT2D eigenvalue weighted by Crippen LogP contribution is 2.26. The Morgan fingerprint density at radius 2 is 2.15 bits per heavy atom. The molecule has 104 valence electrons. The van der Waals surface area contributed by atoms with Crippen LogP contribution in [0.25, 0.3) is 0 Å². The van der Waals surface area contributed by atoms with Crippen molar-refractivity contribution in [3.05, 3.63) is 59.9 Å². The number of piperidine rings is 1. The molecule has 0 saturated carbocycles. The average Bonchev–Trinajstić information content (AvgIpc) is 2.51. The van der Waals surface area contributed by atoms with Crippen LogP contribution in [-0.4, -0.2) is 28.0 Å². The van der Waals surface area contributed by atoms with E-state index >= 15 is 0 Å². The summed E-state index contributed by atoms with van der Waals surface area (Å²) < 4.78 is 13.7. The molecule has 1 atom stereocenters. The zero-order valence-corrected chi connectivity index (χ0v) is 11.4. The monoisotopic (exact) mass is 271 g/mol. The van der Waals surface area contributed by atoms with Gasteiger partial charge in [0, 0.05) is 43.2 Å². The van der Waals surface area contributed by atoms with Crippen molar-refractivity contribution < 1.29 is 4.39 Å². The molecule has 1 aromatic carbocycles. The first kappa shape index (κ1) is 13.2. The first-order valence-corrected chi connectivity index (χ1v) is 7.04. The normalized spacial score (nSPS) is 19.9. The number of benzene rings is 1. The fourth-order valence-electron chi connectivity index (χ4n) is 2.83. The fourth-order valence-corrected chi connectivity index (χ4v) is 2.83. The average molecular weight is 271 g/mol. The number of halogens is 1. The molecule has 0 bridgehead atoms. The summed E-state index contributed by atoms with van der Waals surface area (Å²) in [6, 6.07) is 7.01. The molecule has 1 aromatic heterocycles. The van der Waals surface area contributed by atoms with Crippen LogP contribution in [0.1, 0.15) is 30.0 Å². The molecule has 20 heavy (non-hydrogen) atoms. The lowest BCUT2D eigenvalue weighted by Crippen LogP contribution is -2.34. The third-order valence-electron chi connectivity index (χ3n) is 3.86. The van der Waals surface area contributed by atoms with E-state index < -0.39 is 0 Å². The van der Waals surface area contributed by atoms with Gasteiger partial charge in [-0.15, -0.1) is 0 Å². The molecule has 1 aliphatic rings. The molecule has 3 nitrogen and oxygen atoms in total. The lowest BCUT2D eigenvalue weighted by molar-refractivity contribution is 0.196. The van der Waals surface area contributed by atoms with E-state index in [2.05, 4.69) is 14.9 Å². The van der Waals surface area contributed by atoms with Gasteiger partial charge in [-0.2, -0.15) is 0 Å². The Bertz CT molecular complexity index is 559. The molecule has 0 unspecified atom stereocenters. The molecule has 1 aliphatic heterocycles. The summed E-state index contributed by atoms with van der Waals surface area (Å²) in [6.45, 7) is 2.61. The predicted molar refractivity (Wildman–Crippen MR) is 75.7 cm³/mol. The van der Waals surface area contributed by atoms with Gasteiger partial charge in [0.2, 0.25) is 0 Å². The van der Waals surface area contributed by atoms with Crippen LogP contribution in [0.5, 0.6) is 0 Å². The maximum Gasteiger partial charge on any atom is 0.127 e. The van der Waals surface area contributed by atoms with Gasteiger partial charge in [-0.3, -0.25) is 14.9 Å². The molecular formula is C16H18FN3. The van der Waals surface area contributed by atoms with Gasteiger partial charge in [0.25, 0.3) is 0 Å². The van der Waals surface area contributed by atoms with Gasteiger partial charge in [0.15, 0.2) is 0 Å². The van der Waals surface area contributed by atoms with Crippen molar-refractivity contribution in [1.82, 2.24) is 14.9 Å². The van der Waals surface area contributed by atoms with Crippen LogP contribution in [-0.2, 0) is 6.54 Å². The van der Waals surface area contributed by atoms with Crippen molar-refractivity contribution in [2.24, 2.45) is 0 Å². The molecule has 0 amide bonds. The van der Waals surface area contributed by atoms with Crippen LogP contribution in [0.15, 0.2) is 42.9 Å². The van der Waals surface area contributed by atoms with E-state index in [-0.39, 0.29) is 5.82 Å². The summed E-state index contributed by atoms with van der Waals surface area (Å²) in [5, 5.41) is 0. The second-order valence-corrected chi connectivity index (χ2v) is 5.30. The summed E-state index contributed by atoms with van der Waals surface area (Å²) in [5.74, 6) is 0.290. The van der Waals surface area contributed by atoms with E-state index in [0.29, 0.717) is 12.5 Å². The van der Waals surface area contributed by atoms with Gasteiger partial charge in [-0.1, -0.05) is 18.2 Å². The minimum atomic E-state index is -0.117. The molecule has 2 aromatic rings. The summed E-state index contributed by atoms with van der Waals surface area (Å²) >= 11 is 0. The van der Waals surface area contributed by atoms with Crippen molar-refractivity contribution >= 4 is 0 Å². The number of rotatable bonds is 3. The topological polar surface area (TPSA) is 29.0 Å². The number of nitrogens with zero attached hydrogens (tertiary/aromatic N) is 3. The fraction of sp³-hybridized carbons (Fsp3) is 0.375. The van der Waals surface area contributed by atoms with Crippen molar-refractivity contribution in [2.45, 2.75) is 25.3 Å². The molecule has 4 heteroatoms. The van der Waals surface area contributed by atoms with E-state index in [1.807, 2.05) is 18.3 Å². The van der Waals surface area contributed by atoms with Crippen LogP contribution >= 0.6 is 0 Å². The Morgan fingerprint density at radius 1 is 1.25 bits per heavy atom. The minimum Gasteiger partial charge on any atom is -0.298 e. The Labute approximate surface area is 118 Å². The standard InChI is InChI=1S/C16H18FN3/c17-15-6-2-1-4-13(15)11-20-9-3-5-14(12-20)16-10-18-7-8-19-16/h1-2,4,6-8,10,14H,3,5,9,11-12H2/t14-/m1/s1. The molecule has 1 fully saturated rings. The molecule has 0 N–H and O–H groups in total. The summed E-state index contributed by atoms with van der Waals surface area (Å²) in [4.78, 5) is 10.8. The Morgan fingerprint density at radius 3 is 2.95 bits per heavy atom. The van der Waals surface area contributed by atoms with Crippen LogP contribution in [0, 0.1) is 5.82 Å². The first-order valence-electron chi connectivity index (χ1n) is 7.04. The van der Waals surface area contributed by atoms with E-state index in [1.165, 1.54) is 6.07 Å². The minimum absolute atomic E-state index is 0.117. The number of likely N-dealkylation sites (tertiary alicyclic amines) is 1. The summed E-state index contributed by atoms with van der Waals surface area (Å²) in [7, 11) is 0. The zero-order valence-electron chi connectivity index (χ0n) is 11.4. The van der Waals surface area contributed by atoms with Gasteiger partial charge in [-0.05, 0) is 25.5 Å². The second-order valence-electron chi connectivity index (χ2n) is 5.30. The Kier molecular flexibility index (Phi) is 4.02. The largest absolute Gasteiger partial charge is 0.298 e. The van der Waals surface area contributed by atoms with Gasteiger partial charge < -0.3 is 0 Å². The van der Waals surface area contributed by atoms with Gasteiger partial charge in [0.05, 0.1) is 5.69 Å². The zero-order chi connectivity index (χ0) is 13.8. The number of aromatic nitrogens is 2. The molecule has 3 rings (SSSR count). The predicted octanol–water partition coefficient (Wildman–Crippen LogP) is 3.00. The maximum absolute atomic E-state index is 13.7. The van der Waals surface area contributed by atoms with Crippen molar-refractivity contribution in [3.63, 3.8) is 0 Å². The molecule has 0 radical (unpaired) electrons. The molecular weight excluding hydrogens is 253 g/mol. The van der Waals surface area contributed by atoms with Gasteiger partial charge in [0.1, 0.15) is 5.82 Å². The summed E-state index contributed by atoms with van der Waals surface area (Å²) in [5.41, 5.74) is 1.82. The number of hydrogen-bond donors (Lipinski definition) is 0. The third kappa shape index (κ3) is 3.02. The van der Waals surface area contributed by atoms with Crippen LogP contribution in [0.3, 0.4) is 0 Å². The van der Waals surface area contributed by atoms with Crippen molar-refractivity contribution in [3.8, 4) is 0 Å². The molecule has 0 spiro atoms. The Hall–Kier alpha value is -1.81. The van der Waals surface area contributed by atoms with Crippen LogP contribution in [0.4, 0.5) is 4.39 Å². The quantitative estimate of drug-likeness (QED) is 0.859. The lowest BCUT2D eigenvalue weighted by atomic mass is 9.94. The van der Waals surface area contributed by atoms with E-state index in [1.54, 1.807) is 18.5 Å². The van der Waals surface area contributed by atoms with Crippen molar-refractivity contribution in [1.29, 1.82) is 0 Å². The van der Waals surface area contributed by atoms with Crippen LogP contribution < -0.4 is 0 Å². The van der Waals surface area contributed by atoms with Gasteiger partial charge >= 0.3 is 0 Å². The second kappa shape index (κ2) is 6.09. The Balaban J connectivity index is 1.68. The first-order chi connectivity index (χ1) is 9.83. The van der Waals surface area contributed by atoms with E-state index in [0.717, 1.165) is 37.2 Å². The van der Waals surface area contributed by atoms with Crippen LogP contribution in [0.2, 0.25) is 0 Å². The highest BCUT2D eigenvalue weighted by molar-refractivity contribution is 5.17. The van der Waals surface area contributed by atoms with E-state index in [4.69, 9.17) is 0 Å².